The van der Waals surface area contributed by atoms with Gasteiger partial charge in [0.2, 0.25) is 23.6 Å². The number of primary amides is 1. The number of aliphatic carboxylic acids is 1. The van der Waals surface area contributed by atoms with Crippen molar-refractivity contribution in [3.63, 3.8) is 0 Å². The van der Waals surface area contributed by atoms with Gasteiger partial charge in [-0.15, -0.1) is 0 Å². The molecule has 196 valence electrons. The smallest absolute Gasteiger partial charge is 0.326 e. The summed E-state index contributed by atoms with van der Waals surface area (Å²) in [6.07, 6.45) is 0.933. The third-order valence-corrected chi connectivity index (χ3v) is 5.49. The predicted molar refractivity (Wildman–Crippen MR) is 128 cm³/mol. The average Bonchev–Trinajstić information content (AvgIpc) is 2.72. The van der Waals surface area contributed by atoms with Crippen molar-refractivity contribution < 1.29 is 29.1 Å². The summed E-state index contributed by atoms with van der Waals surface area (Å²) in [5.41, 5.74) is 11.1. The molecule has 34 heavy (non-hydrogen) atoms. The molecular formula is C23H43N5O6. The van der Waals surface area contributed by atoms with Crippen LogP contribution in [0.1, 0.15) is 73.6 Å². The van der Waals surface area contributed by atoms with Gasteiger partial charge in [-0.3, -0.25) is 19.2 Å². The standard InChI is InChI=1S/C23H43N5O6/c1-7-14(6)19(23(33)34)28-21(31)16(8-9-18(25)29)26-22(32)17(11-13(4)5)27-20(30)15(24)10-12(2)3/h12-17,19H,7-11,24H2,1-6H3,(H2,25,29)(H,26,32)(H,27,30)(H,28,31)(H,33,34). The SMILES string of the molecule is CCC(C)C(NC(=O)C(CCC(N)=O)NC(=O)C(CC(C)C)NC(=O)C(N)CC(C)C)C(=O)O. The Bertz CT molecular complexity index is 712. The van der Waals surface area contributed by atoms with Crippen LogP contribution in [0.25, 0.3) is 0 Å². The van der Waals surface area contributed by atoms with Gasteiger partial charge in [0.15, 0.2) is 0 Å². The van der Waals surface area contributed by atoms with Crippen LogP contribution >= 0.6 is 0 Å². The molecule has 0 aromatic carbocycles. The highest BCUT2D eigenvalue weighted by Crippen LogP contribution is 2.11. The lowest BCUT2D eigenvalue weighted by Crippen LogP contribution is -2.58. The van der Waals surface area contributed by atoms with Gasteiger partial charge in [0.25, 0.3) is 0 Å². The second kappa shape index (κ2) is 15.3. The molecule has 0 fully saturated rings. The van der Waals surface area contributed by atoms with E-state index < -0.39 is 53.8 Å². The maximum atomic E-state index is 13.0. The fraction of sp³-hybridized carbons (Fsp3) is 0.783. The van der Waals surface area contributed by atoms with Gasteiger partial charge in [0, 0.05) is 6.42 Å². The second-order valence-corrected chi connectivity index (χ2v) is 9.70. The van der Waals surface area contributed by atoms with Crippen molar-refractivity contribution in [2.75, 3.05) is 0 Å². The summed E-state index contributed by atoms with van der Waals surface area (Å²) < 4.78 is 0. The second-order valence-electron chi connectivity index (χ2n) is 9.70. The van der Waals surface area contributed by atoms with Gasteiger partial charge < -0.3 is 32.5 Å². The number of carbonyl (C=O) groups is 5. The molecule has 0 spiro atoms. The highest BCUT2D eigenvalue weighted by atomic mass is 16.4. The van der Waals surface area contributed by atoms with E-state index in [4.69, 9.17) is 11.5 Å². The number of rotatable bonds is 16. The molecule has 0 rings (SSSR count). The molecule has 0 aromatic rings. The third-order valence-electron chi connectivity index (χ3n) is 5.49. The number of carboxylic acid groups (broad SMARTS) is 1. The fourth-order valence-electron chi connectivity index (χ4n) is 3.36. The summed E-state index contributed by atoms with van der Waals surface area (Å²) in [6.45, 7) is 11.1. The van der Waals surface area contributed by atoms with Crippen LogP contribution in [-0.2, 0) is 24.0 Å². The first-order chi connectivity index (χ1) is 15.7. The molecule has 0 saturated heterocycles. The molecule has 5 atom stereocenters. The molecule has 8 N–H and O–H groups in total. The molecule has 0 radical (unpaired) electrons. The summed E-state index contributed by atoms with van der Waals surface area (Å²) in [5.74, 6) is -3.85. The summed E-state index contributed by atoms with van der Waals surface area (Å²) in [5, 5.41) is 17.1. The van der Waals surface area contributed by atoms with Crippen LogP contribution in [0.15, 0.2) is 0 Å². The number of nitrogens with one attached hydrogen (secondary N) is 3. The van der Waals surface area contributed by atoms with Crippen LogP contribution in [0.2, 0.25) is 0 Å². The van der Waals surface area contributed by atoms with Gasteiger partial charge in [-0.05, 0) is 37.0 Å². The first-order valence-corrected chi connectivity index (χ1v) is 11.9. The van der Waals surface area contributed by atoms with Crippen molar-refractivity contribution in [3.05, 3.63) is 0 Å². The Morgan fingerprint density at radius 1 is 0.794 bits per heavy atom. The minimum absolute atomic E-state index is 0.0389. The van der Waals surface area contributed by atoms with Gasteiger partial charge >= 0.3 is 5.97 Å². The fourth-order valence-corrected chi connectivity index (χ4v) is 3.36. The average molecular weight is 486 g/mol. The molecule has 0 aliphatic heterocycles. The molecule has 0 saturated carbocycles. The molecule has 11 heteroatoms. The first kappa shape index (κ1) is 31.3. The van der Waals surface area contributed by atoms with Crippen LogP contribution in [0.3, 0.4) is 0 Å². The van der Waals surface area contributed by atoms with Crippen LogP contribution in [0.5, 0.6) is 0 Å². The number of hydrogen-bond donors (Lipinski definition) is 6. The summed E-state index contributed by atoms with van der Waals surface area (Å²) >= 11 is 0. The minimum Gasteiger partial charge on any atom is -0.480 e. The summed E-state index contributed by atoms with van der Waals surface area (Å²) in [7, 11) is 0. The zero-order valence-corrected chi connectivity index (χ0v) is 21.2. The van der Waals surface area contributed by atoms with Crippen molar-refractivity contribution in [2.45, 2.75) is 97.8 Å². The Labute approximate surface area is 202 Å². The minimum atomic E-state index is -1.21. The molecule has 0 aromatic heterocycles. The molecule has 11 nitrogen and oxygen atoms in total. The highest BCUT2D eigenvalue weighted by molar-refractivity contribution is 5.94. The van der Waals surface area contributed by atoms with E-state index in [9.17, 15) is 29.1 Å². The van der Waals surface area contributed by atoms with Crippen molar-refractivity contribution in [1.29, 1.82) is 0 Å². The Kier molecular flexibility index (Phi) is 14.1. The van der Waals surface area contributed by atoms with E-state index >= 15 is 0 Å². The zero-order valence-electron chi connectivity index (χ0n) is 21.2. The van der Waals surface area contributed by atoms with E-state index in [2.05, 4.69) is 16.0 Å². The number of carbonyl (C=O) groups excluding carboxylic acids is 4. The molecule has 0 aliphatic carbocycles. The number of hydrogen-bond acceptors (Lipinski definition) is 6. The summed E-state index contributed by atoms with van der Waals surface area (Å²) in [6, 6.07) is -4.12. The monoisotopic (exact) mass is 485 g/mol. The van der Waals surface area contributed by atoms with E-state index in [1.165, 1.54) is 0 Å². The lowest BCUT2D eigenvalue weighted by molar-refractivity contribution is -0.144. The Balaban J connectivity index is 5.61. The van der Waals surface area contributed by atoms with Crippen molar-refractivity contribution in [2.24, 2.45) is 29.2 Å². The van der Waals surface area contributed by atoms with Crippen molar-refractivity contribution >= 4 is 29.6 Å². The van der Waals surface area contributed by atoms with E-state index in [-0.39, 0.29) is 30.6 Å². The van der Waals surface area contributed by atoms with E-state index in [0.717, 1.165) is 0 Å². The van der Waals surface area contributed by atoms with Crippen molar-refractivity contribution in [3.8, 4) is 0 Å². The van der Waals surface area contributed by atoms with E-state index in [1.54, 1.807) is 13.8 Å². The topological polar surface area (TPSA) is 194 Å². The van der Waals surface area contributed by atoms with Crippen LogP contribution in [0.4, 0.5) is 0 Å². The number of nitrogens with two attached hydrogens (primary N) is 2. The largest absolute Gasteiger partial charge is 0.480 e. The van der Waals surface area contributed by atoms with Gasteiger partial charge in [0.1, 0.15) is 18.1 Å². The van der Waals surface area contributed by atoms with E-state index in [0.29, 0.717) is 19.3 Å². The van der Waals surface area contributed by atoms with Gasteiger partial charge in [-0.2, -0.15) is 0 Å². The first-order valence-electron chi connectivity index (χ1n) is 11.9. The predicted octanol–water partition coefficient (Wildman–Crippen LogP) is 0.257. The van der Waals surface area contributed by atoms with Crippen molar-refractivity contribution in [1.82, 2.24) is 16.0 Å². The Morgan fingerprint density at radius 2 is 1.29 bits per heavy atom. The third kappa shape index (κ3) is 12.0. The molecule has 0 heterocycles. The van der Waals surface area contributed by atoms with Gasteiger partial charge in [0.05, 0.1) is 6.04 Å². The van der Waals surface area contributed by atoms with E-state index in [1.807, 2.05) is 27.7 Å². The van der Waals surface area contributed by atoms with Crippen LogP contribution in [0, 0.1) is 17.8 Å². The Hall–Kier alpha value is -2.69. The molecule has 0 bridgehead atoms. The van der Waals surface area contributed by atoms with Gasteiger partial charge in [-0.25, -0.2) is 4.79 Å². The zero-order chi connectivity index (χ0) is 26.6. The quantitative estimate of drug-likeness (QED) is 0.180. The normalized spacial score (nSPS) is 15.7. The number of amides is 4. The molecular weight excluding hydrogens is 442 g/mol. The maximum absolute atomic E-state index is 13.0. The van der Waals surface area contributed by atoms with Gasteiger partial charge in [-0.1, -0.05) is 48.0 Å². The molecule has 4 amide bonds. The maximum Gasteiger partial charge on any atom is 0.326 e. The summed E-state index contributed by atoms with van der Waals surface area (Å²) in [4.78, 5) is 61.3. The molecule has 0 aliphatic rings. The lowest BCUT2D eigenvalue weighted by atomic mass is 9.98. The van der Waals surface area contributed by atoms with Crippen LogP contribution in [-0.4, -0.2) is 58.9 Å². The lowest BCUT2D eigenvalue weighted by Gasteiger charge is -2.27. The Morgan fingerprint density at radius 3 is 1.74 bits per heavy atom. The number of carboxylic acids is 1. The van der Waals surface area contributed by atoms with Crippen LogP contribution < -0.4 is 27.4 Å². The molecule has 5 unspecified atom stereocenters. The highest BCUT2D eigenvalue weighted by Gasteiger charge is 2.32.